The molecule has 23 nitrogen and oxygen atoms in total. The summed E-state index contributed by atoms with van der Waals surface area (Å²) in [5.41, 5.74) is 3.04. The summed E-state index contributed by atoms with van der Waals surface area (Å²) in [6.07, 6.45) is 14.5. The van der Waals surface area contributed by atoms with Gasteiger partial charge in [-0.3, -0.25) is 84.5 Å². The lowest BCUT2D eigenvalue weighted by atomic mass is 9.99. The number of benzene rings is 5. The summed E-state index contributed by atoms with van der Waals surface area (Å²) in [5.74, 6) is 0.625. The molecule has 0 aliphatic carbocycles. The van der Waals surface area contributed by atoms with E-state index in [1.54, 1.807) is 30.3 Å². The number of rotatable bonds is 10. The number of amidine groups is 1. The number of hydrogen-bond donors (Lipinski definition) is 7. The van der Waals surface area contributed by atoms with Gasteiger partial charge >= 0.3 is 17.9 Å². The van der Waals surface area contributed by atoms with E-state index in [-0.39, 0.29) is 26.0 Å². The Morgan fingerprint density at radius 2 is 0.731 bits per heavy atom. The molecule has 7 N–H and O–H groups in total. The van der Waals surface area contributed by atoms with Crippen LogP contribution >= 0.6 is 0 Å². The van der Waals surface area contributed by atoms with Crippen molar-refractivity contribution in [2.45, 2.75) is 92.4 Å². The summed E-state index contributed by atoms with van der Waals surface area (Å²) in [7, 11) is 0. The number of aliphatic carboxylic acids is 2. The average molecular weight is 1430 g/mol. The van der Waals surface area contributed by atoms with E-state index in [9.17, 15) is 39.0 Å². The van der Waals surface area contributed by atoms with E-state index in [0.717, 1.165) is 135 Å². The molecule has 19 rings (SSSR count). The van der Waals surface area contributed by atoms with Gasteiger partial charge in [0, 0.05) is 113 Å². The van der Waals surface area contributed by atoms with E-state index in [4.69, 9.17) is 0 Å². The number of piperazine rings is 6. The van der Waals surface area contributed by atoms with Gasteiger partial charge in [-0.05, 0) is 37.0 Å². The maximum absolute atomic E-state index is 12.9. The van der Waals surface area contributed by atoms with Gasteiger partial charge in [-0.15, -0.1) is 0 Å². The van der Waals surface area contributed by atoms with Crippen LogP contribution in [0.3, 0.4) is 0 Å². The molecule has 104 heavy (non-hydrogen) atoms. The van der Waals surface area contributed by atoms with Crippen molar-refractivity contribution in [3.8, 4) is 0 Å². The molecule has 6 saturated heterocycles. The highest BCUT2D eigenvalue weighted by atomic mass is 16.4. The van der Waals surface area contributed by atoms with Crippen molar-refractivity contribution < 1.29 is 66.2 Å². The number of fused-ring (bicyclic) bond motifs is 7. The second kappa shape index (κ2) is 41.6. The number of nitrogens with one attached hydrogen (secondary N) is 7. The topological polar surface area (TPSA) is 251 Å². The van der Waals surface area contributed by atoms with Crippen molar-refractivity contribution in [3.63, 3.8) is 0 Å². The Morgan fingerprint density at radius 3 is 1.15 bits per heavy atom. The highest BCUT2D eigenvalue weighted by Crippen LogP contribution is 2.25. The van der Waals surface area contributed by atoms with Crippen LogP contribution in [0, 0.1) is 6.92 Å². The first-order chi connectivity index (χ1) is 49.7. The highest BCUT2D eigenvalue weighted by molar-refractivity contribution is 6.39. The molecule has 5 aromatic rings. The Kier molecular flexibility index (Phi) is 32.3. The number of carbonyl (C=O) groups excluding carboxylic acids is 6. The lowest BCUT2D eigenvalue weighted by Gasteiger charge is -2.50. The molecule has 0 unspecified atom stereocenters. The van der Waals surface area contributed by atoms with Crippen molar-refractivity contribution in [3.05, 3.63) is 155 Å². The second-order valence-corrected chi connectivity index (χ2v) is 28.4. The number of hydrogen-bond acceptors (Lipinski definition) is 17. The van der Waals surface area contributed by atoms with Crippen LogP contribution in [0.25, 0.3) is 10.8 Å². The SMILES string of the molecule is C.C.C1CCC2=[N+](CC1)CCCN2.C1CNC2=[N+](C1)CCCN2.C1CNC2=[N+](C1)CCCN2.C1CNC2=[N+](C1)CCCN2.Cc1ccc(C(=O)C(=O)[O-])cc1.O=C(C[N+]12CCN(CC1)CC2)c1cccc2ccccc12.O=C(C[N+]12CCN(CC1)CC2)c1ccccc1.O=C([O-])C(=O)c1ccccc1. The minimum absolute atomic E-state index is 0. The monoisotopic (exact) mass is 1430 g/mol. The minimum atomic E-state index is -1.67. The number of guanidine groups is 3. The molecule has 0 amide bonds. The van der Waals surface area contributed by atoms with Crippen molar-refractivity contribution in [2.24, 2.45) is 0 Å². The molecule has 0 spiro atoms. The number of Topliss-reactive ketones (excluding diaryl/α,β-unsaturated/α-hetero) is 4. The maximum atomic E-state index is 12.9. The van der Waals surface area contributed by atoms with Crippen LogP contribution < -0.4 is 47.4 Å². The van der Waals surface area contributed by atoms with Gasteiger partial charge in [0.25, 0.3) is 0 Å². The molecular formula is C81H119N15O8+4. The van der Waals surface area contributed by atoms with Crippen LogP contribution in [0.2, 0.25) is 0 Å². The number of aryl methyl sites for hydroxylation is 1. The zero-order valence-electron chi connectivity index (χ0n) is 60.3. The summed E-state index contributed by atoms with van der Waals surface area (Å²) in [6.45, 7) is 35.1. The van der Waals surface area contributed by atoms with E-state index in [0.29, 0.717) is 24.7 Å². The molecule has 0 aromatic heterocycles. The van der Waals surface area contributed by atoms with Crippen LogP contribution in [0.4, 0.5) is 0 Å². The fraction of sp³-hybridized carbons (Fsp3) is 0.531. The summed E-state index contributed by atoms with van der Waals surface area (Å²) in [4.78, 5) is 71.8. The molecule has 14 heterocycles. The number of carbonyl (C=O) groups is 6. The lowest BCUT2D eigenvalue weighted by Crippen LogP contribution is -2.68. The van der Waals surface area contributed by atoms with Gasteiger partial charge in [-0.1, -0.05) is 148 Å². The van der Waals surface area contributed by atoms with Gasteiger partial charge in [0.2, 0.25) is 29.0 Å². The Morgan fingerprint density at radius 1 is 0.375 bits per heavy atom. The maximum Gasteiger partial charge on any atom is 0.345 e. The van der Waals surface area contributed by atoms with Gasteiger partial charge in [-0.25, -0.2) is 0 Å². The largest absolute Gasteiger partial charge is 0.541 e. The minimum Gasteiger partial charge on any atom is -0.541 e. The molecule has 5 aromatic carbocycles. The molecule has 14 aliphatic heterocycles. The van der Waals surface area contributed by atoms with Crippen molar-refractivity contribution >= 4 is 69.6 Å². The third-order valence-corrected chi connectivity index (χ3v) is 21.2. The number of nitrogens with zero attached hydrogens (tertiary/aromatic N) is 8. The quantitative estimate of drug-likeness (QED) is 0.0460. The molecule has 0 atom stereocenters. The Hall–Kier alpha value is -8.90. The van der Waals surface area contributed by atoms with E-state index < -0.39 is 23.5 Å². The van der Waals surface area contributed by atoms with Crippen LogP contribution in [0.1, 0.15) is 132 Å². The van der Waals surface area contributed by atoms with Gasteiger partial charge < -0.3 is 28.8 Å². The van der Waals surface area contributed by atoms with Crippen LogP contribution in [-0.2, 0) is 9.59 Å². The van der Waals surface area contributed by atoms with Crippen molar-refractivity contribution in [1.29, 1.82) is 0 Å². The first kappa shape index (κ1) is 80.8. The first-order valence-electron chi connectivity index (χ1n) is 37.7. The van der Waals surface area contributed by atoms with Crippen molar-refractivity contribution in [2.75, 3.05) is 190 Å². The predicted molar refractivity (Wildman–Crippen MR) is 408 cm³/mol. The molecule has 4 bridgehead atoms. The van der Waals surface area contributed by atoms with E-state index in [1.165, 1.54) is 197 Å². The van der Waals surface area contributed by atoms with Crippen LogP contribution in [0.15, 0.2) is 127 Å². The number of quaternary nitrogens is 2. The zero-order chi connectivity index (χ0) is 71.4. The summed E-state index contributed by atoms with van der Waals surface area (Å²) in [6, 6.07) is 38.0. The van der Waals surface area contributed by atoms with Gasteiger partial charge in [0.1, 0.15) is 25.0 Å². The second-order valence-electron chi connectivity index (χ2n) is 28.4. The molecule has 562 valence electrons. The number of ketones is 4. The number of carboxylic acids is 2. The fourth-order valence-corrected chi connectivity index (χ4v) is 15.1. The van der Waals surface area contributed by atoms with E-state index in [2.05, 4.69) is 83.5 Å². The zero-order valence-corrected chi connectivity index (χ0v) is 60.3. The van der Waals surface area contributed by atoms with Crippen molar-refractivity contribution in [1.82, 2.24) is 47.0 Å². The molecular weight excluding hydrogens is 1310 g/mol. The normalized spacial score (nSPS) is 22.7. The van der Waals surface area contributed by atoms with Gasteiger partial charge in [-0.2, -0.15) is 0 Å². The molecule has 6 fully saturated rings. The molecule has 0 radical (unpaired) electrons. The van der Waals surface area contributed by atoms with E-state index in [1.807, 2.05) is 61.5 Å². The smallest absolute Gasteiger partial charge is 0.345 e. The third-order valence-electron chi connectivity index (χ3n) is 21.2. The molecule has 14 aliphatic rings. The molecule has 0 saturated carbocycles. The number of carboxylic acid groups (broad SMARTS) is 2. The average Bonchev–Trinajstić information content (AvgIpc) is 0.882. The third kappa shape index (κ3) is 24.1. The van der Waals surface area contributed by atoms with Gasteiger partial charge in [0.15, 0.2) is 0 Å². The predicted octanol–water partition coefficient (Wildman–Crippen LogP) is 2.99. The Balaban J connectivity index is 0.000000152. The van der Waals surface area contributed by atoms with Crippen LogP contribution in [0.5, 0.6) is 0 Å². The summed E-state index contributed by atoms with van der Waals surface area (Å²) >= 11 is 0. The van der Waals surface area contributed by atoms with Crippen LogP contribution in [-0.4, -0.2) is 286 Å². The summed E-state index contributed by atoms with van der Waals surface area (Å²) in [5, 5.41) is 46.0. The Bertz CT molecular complexity index is 3510. The van der Waals surface area contributed by atoms with E-state index >= 15 is 0 Å². The molecule has 23 heteroatoms. The first-order valence-corrected chi connectivity index (χ1v) is 37.7. The Labute approximate surface area is 617 Å². The fourth-order valence-electron chi connectivity index (χ4n) is 15.1. The standard InChI is InChI=1S/C18H21N2O.C14H19N2O.C9H16N2.C9H8O3.C8H6O3.3C7H13N3.2CH4/c21-18(14-20-11-8-19(9-12-20)10-13-20)17-7-3-5-15-4-1-2-6-16(15)17;17-14(13-4-2-1-3-5-13)12-16-9-6-15(7-10-16)8-11-16;1-2-5-9-10-6-4-8-11(9)7-3-1;1-6-2-4-7(5-3-6)8(10)9(11)12;9-7(8(10)11)6-4-2-1-3-5-6;3*1-3-8-7-9-4-2-6-10(7)5-1;;/h1-7H,8-14H2;1-5H,6-12H2;1-8H2;2-5H,1H3,(H,11,12);1-5H,(H,10,11);3*1-6H2,(H,8,9);2*1H4/q2*+1;;;;;;;;/p+2. The lowest BCUT2D eigenvalue weighted by molar-refractivity contribution is -0.933. The highest BCUT2D eigenvalue weighted by Gasteiger charge is 2.41. The summed E-state index contributed by atoms with van der Waals surface area (Å²) < 4.78 is 11.7. The van der Waals surface area contributed by atoms with Gasteiger partial charge in [0.05, 0.1) is 137 Å².